The van der Waals surface area contributed by atoms with E-state index >= 15 is 0 Å². The van der Waals surface area contributed by atoms with Gasteiger partial charge in [0.1, 0.15) is 28.1 Å². The van der Waals surface area contributed by atoms with Crippen molar-refractivity contribution in [1.29, 1.82) is 5.26 Å². The normalized spacial score (nSPS) is 11.8. The van der Waals surface area contributed by atoms with Gasteiger partial charge in [-0.2, -0.15) is 5.26 Å². The molecule has 13 rings (SSSR count). The Bertz CT molecular complexity index is 3860. The van der Waals surface area contributed by atoms with E-state index in [0.717, 1.165) is 121 Å². The molecular weight excluding hydrogens is 763 g/mol. The Hall–Kier alpha value is -8.91. The minimum atomic E-state index is 0.577. The molecule has 0 saturated heterocycles. The zero-order valence-corrected chi connectivity index (χ0v) is 32.8. The van der Waals surface area contributed by atoms with Crippen molar-refractivity contribution >= 4 is 93.2 Å². The predicted molar refractivity (Wildman–Crippen MR) is 249 cm³/mol. The Labute approximate surface area is 352 Å². The molecule has 0 fully saturated rings. The van der Waals surface area contributed by atoms with Crippen LogP contribution in [-0.2, 0) is 0 Å². The molecule has 0 aliphatic carbocycles. The highest BCUT2D eigenvalue weighted by molar-refractivity contribution is 6.15. The molecule has 7 heteroatoms. The lowest BCUT2D eigenvalue weighted by molar-refractivity contribution is 0.669. The van der Waals surface area contributed by atoms with Crippen LogP contribution in [0, 0.1) is 17.9 Å². The molecule has 0 aliphatic rings. The summed E-state index contributed by atoms with van der Waals surface area (Å²) < 4.78 is 17.2. The second kappa shape index (κ2) is 12.8. The third kappa shape index (κ3) is 4.82. The molecule has 0 unspecified atom stereocenters. The van der Waals surface area contributed by atoms with Gasteiger partial charge >= 0.3 is 0 Å². The van der Waals surface area contributed by atoms with Crippen LogP contribution in [0.4, 0.5) is 5.69 Å². The summed E-state index contributed by atoms with van der Waals surface area (Å²) in [5, 5.41) is 18.3. The van der Waals surface area contributed by atoms with Crippen LogP contribution in [-0.4, -0.2) is 14.1 Å². The monoisotopic (exact) mass is 791 g/mol. The van der Waals surface area contributed by atoms with Gasteiger partial charge in [-0.3, -0.25) is 4.57 Å². The van der Waals surface area contributed by atoms with E-state index < -0.39 is 0 Å². The molecule has 7 nitrogen and oxygen atoms in total. The molecule has 13 aromatic rings. The topological polar surface area (TPSA) is 77.2 Å². The Morgan fingerprint density at radius 3 is 1.60 bits per heavy atom. The van der Waals surface area contributed by atoms with E-state index in [-0.39, 0.29) is 0 Å². The number of benzene rings is 8. The average molecular weight is 792 g/mol. The fraction of sp³-hybridized carbons (Fsp3) is 0. The number of para-hydroxylation sites is 4. The SMILES string of the molecule is [C-]#[N+]c1ccc2c(c1)c1cc(-c3cccc4c3oc3ccccc34)ccc1n2-c1ccc(-n2c3ccc(C#N)cc3c3cc(-c4cccc5c4oc4ccccc45)ccc32)cn1. The number of hydrogen-bond donors (Lipinski definition) is 0. The molecule has 0 N–H and O–H groups in total. The molecule has 0 saturated carbocycles. The van der Waals surface area contributed by atoms with Crippen molar-refractivity contribution < 1.29 is 8.83 Å². The van der Waals surface area contributed by atoms with Gasteiger partial charge in [0.25, 0.3) is 0 Å². The summed E-state index contributed by atoms with van der Waals surface area (Å²) >= 11 is 0. The summed E-state index contributed by atoms with van der Waals surface area (Å²) in [6.07, 6.45) is 1.91. The summed E-state index contributed by atoms with van der Waals surface area (Å²) in [6, 6.07) is 60.1. The summed E-state index contributed by atoms with van der Waals surface area (Å²) in [5.41, 5.74) is 13.5. The predicted octanol–water partition coefficient (Wildman–Crippen LogP) is 14.8. The van der Waals surface area contributed by atoms with Crippen molar-refractivity contribution in [3.8, 4) is 39.8 Å². The summed E-state index contributed by atoms with van der Waals surface area (Å²) in [4.78, 5) is 8.92. The molecule has 0 atom stereocenters. The van der Waals surface area contributed by atoms with Gasteiger partial charge in [-0.25, -0.2) is 9.83 Å². The molecule has 0 aliphatic heterocycles. The van der Waals surface area contributed by atoms with Crippen molar-refractivity contribution in [3.05, 3.63) is 193 Å². The Morgan fingerprint density at radius 2 is 1.02 bits per heavy atom. The zero-order valence-electron chi connectivity index (χ0n) is 32.8. The first-order chi connectivity index (χ1) is 30.6. The van der Waals surface area contributed by atoms with Crippen LogP contribution in [0.25, 0.3) is 126 Å². The Morgan fingerprint density at radius 1 is 0.484 bits per heavy atom. The zero-order chi connectivity index (χ0) is 41.1. The van der Waals surface area contributed by atoms with Crippen LogP contribution in [0.3, 0.4) is 0 Å². The largest absolute Gasteiger partial charge is 0.455 e. The van der Waals surface area contributed by atoms with Gasteiger partial charge in [0.15, 0.2) is 5.69 Å². The lowest BCUT2D eigenvalue weighted by atomic mass is 10.00. The van der Waals surface area contributed by atoms with E-state index in [1.165, 1.54) is 0 Å². The smallest absolute Gasteiger partial charge is 0.188 e. The quantitative estimate of drug-likeness (QED) is 0.166. The van der Waals surface area contributed by atoms with Crippen LogP contribution < -0.4 is 0 Å². The van der Waals surface area contributed by atoms with Gasteiger partial charge in [-0.05, 0) is 95.4 Å². The molecular formula is C55H29N5O2. The van der Waals surface area contributed by atoms with Crippen molar-refractivity contribution in [1.82, 2.24) is 14.1 Å². The van der Waals surface area contributed by atoms with Gasteiger partial charge in [0.2, 0.25) is 0 Å². The molecule has 286 valence electrons. The number of pyridine rings is 1. The van der Waals surface area contributed by atoms with Crippen LogP contribution in [0.15, 0.2) is 185 Å². The number of rotatable bonds is 4. The first-order valence-corrected chi connectivity index (χ1v) is 20.4. The van der Waals surface area contributed by atoms with E-state index in [9.17, 15) is 5.26 Å². The molecule has 8 aromatic carbocycles. The molecule has 0 spiro atoms. The summed E-state index contributed by atoms with van der Waals surface area (Å²) in [5.74, 6) is 0.755. The Balaban J connectivity index is 0.959. The van der Waals surface area contributed by atoms with Crippen LogP contribution in [0.5, 0.6) is 0 Å². The number of fused-ring (bicyclic) bond motifs is 12. The third-order valence-electron chi connectivity index (χ3n) is 12.4. The highest BCUT2D eigenvalue weighted by Crippen LogP contribution is 2.42. The minimum absolute atomic E-state index is 0.577. The van der Waals surface area contributed by atoms with E-state index in [2.05, 4.69) is 117 Å². The number of hydrogen-bond acceptors (Lipinski definition) is 4. The van der Waals surface area contributed by atoms with Crippen LogP contribution in [0.1, 0.15) is 5.56 Å². The van der Waals surface area contributed by atoms with Crippen molar-refractivity contribution in [2.75, 3.05) is 0 Å². The molecule has 0 amide bonds. The van der Waals surface area contributed by atoms with Gasteiger partial charge in [0.05, 0.1) is 52.2 Å². The van der Waals surface area contributed by atoms with E-state index in [4.69, 9.17) is 20.4 Å². The maximum atomic E-state index is 9.96. The van der Waals surface area contributed by atoms with Crippen molar-refractivity contribution in [3.63, 3.8) is 0 Å². The summed E-state index contributed by atoms with van der Waals surface area (Å²) in [7, 11) is 0. The number of furan rings is 2. The first-order valence-electron chi connectivity index (χ1n) is 20.4. The van der Waals surface area contributed by atoms with Gasteiger partial charge in [-0.15, -0.1) is 0 Å². The fourth-order valence-corrected chi connectivity index (χ4v) is 9.63. The number of aromatic nitrogens is 3. The molecule has 5 heterocycles. The third-order valence-corrected chi connectivity index (χ3v) is 12.4. The lowest BCUT2D eigenvalue weighted by Gasteiger charge is -2.11. The highest BCUT2D eigenvalue weighted by Gasteiger charge is 2.20. The average Bonchev–Trinajstić information content (AvgIpc) is 4.08. The van der Waals surface area contributed by atoms with Gasteiger partial charge in [0, 0.05) is 48.8 Å². The van der Waals surface area contributed by atoms with E-state index in [1.807, 2.05) is 79.0 Å². The number of nitrogens with zero attached hydrogens (tertiary/aromatic N) is 5. The molecule has 5 aromatic heterocycles. The van der Waals surface area contributed by atoms with Crippen LogP contribution >= 0.6 is 0 Å². The minimum Gasteiger partial charge on any atom is -0.455 e. The Kier molecular flexibility index (Phi) is 7.02. The second-order valence-corrected chi connectivity index (χ2v) is 15.7. The standard InChI is InChI=1S/C55H29N5O2/c1-57-35-19-24-50-46(29-35)45-28-34(38-11-7-13-42-40-9-3-5-15-52(40)62-55(38)42)18-23-49(45)60(50)53-25-20-36(31-58-53)59-47-21-16-32(30-56)26-43(47)44-27-33(17-22-48(44)59)37-10-6-12-41-39-8-2-4-14-51(39)61-54(37)41/h2-29,31H. The van der Waals surface area contributed by atoms with Crippen molar-refractivity contribution in [2.24, 2.45) is 0 Å². The van der Waals surface area contributed by atoms with Gasteiger partial charge in [-0.1, -0.05) is 91.0 Å². The molecule has 0 bridgehead atoms. The maximum absolute atomic E-state index is 9.96. The van der Waals surface area contributed by atoms with Crippen LogP contribution in [0.2, 0.25) is 0 Å². The maximum Gasteiger partial charge on any atom is 0.188 e. The fourth-order valence-electron chi connectivity index (χ4n) is 9.63. The second-order valence-electron chi connectivity index (χ2n) is 15.7. The van der Waals surface area contributed by atoms with Crippen molar-refractivity contribution in [2.45, 2.75) is 0 Å². The number of nitriles is 1. The molecule has 0 radical (unpaired) electrons. The highest BCUT2D eigenvalue weighted by atomic mass is 16.3. The molecule has 62 heavy (non-hydrogen) atoms. The van der Waals surface area contributed by atoms with E-state index in [0.29, 0.717) is 11.3 Å². The van der Waals surface area contributed by atoms with Gasteiger partial charge < -0.3 is 13.4 Å². The van der Waals surface area contributed by atoms with E-state index in [1.54, 1.807) is 0 Å². The first kappa shape index (κ1) is 34.0. The summed E-state index contributed by atoms with van der Waals surface area (Å²) in [6.45, 7) is 7.83. The lowest BCUT2D eigenvalue weighted by Crippen LogP contribution is -2.00.